The third-order valence-corrected chi connectivity index (χ3v) is 3.70. The number of hydrogen-bond acceptors (Lipinski definition) is 2. The van der Waals surface area contributed by atoms with Gasteiger partial charge in [-0.25, -0.2) is 0 Å². The molecule has 1 aromatic carbocycles. The van der Waals surface area contributed by atoms with Gasteiger partial charge in [-0.3, -0.25) is 9.59 Å². The van der Waals surface area contributed by atoms with E-state index >= 15 is 0 Å². The van der Waals surface area contributed by atoms with Gasteiger partial charge in [0, 0.05) is 32.1 Å². The van der Waals surface area contributed by atoms with Gasteiger partial charge < -0.3 is 10.2 Å². The SMILES string of the molecule is CC(=O)N(CCC(=O)NCC(C)C)c1ccc(C(C)(C)C)cc1. The predicted octanol–water partition coefficient (Wildman–Crippen LogP) is 3.50. The lowest BCUT2D eigenvalue weighted by atomic mass is 9.87. The van der Waals surface area contributed by atoms with E-state index in [4.69, 9.17) is 0 Å². The Balaban J connectivity index is 2.72. The zero-order valence-corrected chi connectivity index (χ0v) is 15.3. The van der Waals surface area contributed by atoms with Crippen molar-refractivity contribution >= 4 is 17.5 Å². The zero-order chi connectivity index (χ0) is 17.6. The Morgan fingerprint density at radius 3 is 2.13 bits per heavy atom. The molecule has 4 nitrogen and oxygen atoms in total. The van der Waals surface area contributed by atoms with Gasteiger partial charge in [-0.2, -0.15) is 0 Å². The van der Waals surface area contributed by atoms with Crippen molar-refractivity contribution in [2.45, 2.75) is 53.4 Å². The molecule has 0 saturated carbocycles. The number of rotatable bonds is 6. The summed E-state index contributed by atoms with van der Waals surface area (Å²) in [5, 5.41) is 2.88. The van der Waals surface area contributed by atoms with Crippen LogP contribution in [0.2, 0.25) is 0 Å². The highest BCUT2D eigenvalue weighted by Crippen LogP contribution is 2.25. The molecule has 0 saturated heterocycles. The van der Waals surface area contributed by atoms with Gasteiger partial charge >= 0.3 is 0 Å². The van der Waals surface area contributed by atoms with Crippen LogP contribution in [0.1, 0.15) is 53.5 Å². The van der Waals surface area contributed by atoms with Crippen molar-refractivity contribution < 1.29 is 9.59 Å². The van der Waals surface area contributed by atoms with Crippen molar-refractivity contribution in [3.8, 4) is 0 Å². The van der Waals surface area contributed by atoms with Crippen LogP contribution in [0, 0.1) is 5.92 Å². The van der Waals surface area contributed by atoms with Gasteiger partial charge in [-0.05, 0) is 29.0 Å². The van der Waals surface area contributed by atoms with Crippen LogP contribution in [0.15, 0.2) is 24.3 Å². The summed E-state index contributed by atoms with van der Waals surface area (Å²) in [5.74, 6) is 0.356. The second-order valence-corrected chi connectivity index (χ2v) is 7.42. The topological polar surface area (TPSA) is 49.4 Å². The highest BCUT2D eigenvalue weighted by atomic mass is 16.2. The third kappa shape index (κ3) is 6.43. The Morgan fingerprint density at radius 1 is 1.13 bits per heavy atom. The largest absolute Gasteiger partial charge is 0.356 e. The van der Waals surface area contributed by atoms with Crippen LogP contribution in [-0.2, 0) is 15.0 Å². The molecule has 0 spiro atoms. The molecular weight excluding hydrogens is 288 g/mol. The molecule has 0 heterocycles. The summed E-state index contributed by atoms with van der Waals surface area (Å²) in [5.41, 5.74) is 2.14. The average molecular weight is 318 g/mol. The molecule has 0 aliphatic carbocycles. The summed E-state index contributed by atoms with van der Waals surface area (Å²) in [6, 6.07) is 8.00. The summed E-state index contributed by atoms with van der Waals surface area (Å²) in [6.45, 7) is 13.2. The number of benzene rings is 1. The predicted molar refractivity (Wildman–Crippen MR) is 95.6 cm³/mol. The van der Waals surface area contributed by atoms with Gasteiger partial charge in [0.15, 0.2) is 0 Å². The lowest BCUT2D eigenvalue weighted by molar-refractivity contribution is -0.121. The van der Waals surface area contributed by atoms with Gasteiger partial charge in [0.2, 0.25) is 11.8 Å². The molecule has 0 atom stereocenters. The van der Waals surface area contributed by atoms with Gasteiger partial charge in [0.25, 0.3) is 0 Å². The Bertz CT molecular complexity index is 527. The van der Waals surface area contributed by atoms with Gasteiger partial charge in [0.1, 0.15) is 0 Å². The van der Waals surface area contributed by atoms with Crippen molar-refractivity contribution in [1.29, 1.82) is 0 Å². The minimum atomic E-state index is -0.0508. The summed E-state index contributed by atoms with van der Waals surface area (Å²) < 4.78 is 0. The number of nitrogens with one attached hydrogen (secondary N) is 1. The molecular formula is C19H30N2O2. The monoisotopic (exact) mass is 318 g/mol. The minimum Gasteiger partial charge on any atom is -0.356 e. The Morgan fingerprint density at radius 2 is 1.70 bits per heavy atom. The van der Waals surface area contributed by atoms with E-state index in [1.807, 2.05) is 24.3 Å². The molecule has 23 heavy (non-hydrogen) atoms. The van der Waals surface area contributed by atoms with Crippen LogP contribution in [-0.4, -0.2) is 24.9 Å². The molecule has 0 aliphatic heterocycles. The average Bonchev–Trinajstić information content (AvgIpc) is 2.44. The quantitative estimate of drug-likeness (QED) is 0.872. The van der Waals surface area contributed by atoms with E-state index < -0.39 is 0 Å². The van der Waals surface area contributed by atoms with Crippen LogP contribution < -0.4 is 10.2 Å². The first kappa shape index (κ1) is 19.2. The summed E-state index contributed by atoms with van der Waals surface area (Å²) >= 11 is 0. The second-order valence-electron chi connectivity index (χ2n) is 7.42. The summed E-state index contributed by atoms with van der Waals surface area (Å²) in [6.07, 6.45) is 0.313. The Hall–Kier alpha value is -1.84. The van der Waals surface area contributed by atoms with Crippen LogP contribution in [0.5, 0.6) is 0 Å². The summed E-state index contributed by atoms with van der Waals surface area (Å²) in [4.78, 5) is 25.4. The van der Waals surface area contributed by atoms with E-state index in [1.165, 1.54) is 12.5 Å². The molecule has 0 unspecified atom stereocenters. The highest BCUT2D eigenvalue weighted by Gasteiger charge is 2.16. The van der Waals surface area contributed by atoms with Crippen LogP contribution in [0.3, 0.4) is 0 Å². The lowest BCUT2D eigenvalue weighted by Crippen LogP contribution is -2.35. The standard InChI is InChI=1S/C19H30N2O2/c1-14(2)13-20-18(23)11-12-21(15(3)22)17-9-7-16(8-10-17)19(4,5)6/h7-10,14H,11-13H2,1-6H3,(H,20,23). The second kappa shape index (κ2) is 8.14. The number of anilines is 1. The number of hydrogen-bond donors (Lipinski definition) is 1. The highest BCUT2D eigenvalue weighted by molar-refractivity contribution is 5.92. The molecule has 128 valence electrons. The molecule has 1 N–H and O–H groups in total. The number of carbonyl (C=O) groups is 2. The van der Waals surface area contributed by atoms with E-state index in [0.717, 1.165) is 5.69 Å². The first-order chi connectivity index (χ1) is 10.6. The first-order valence-electron chi connectivity index (χ1n) is 8.26. The van der Waals surface area contributed by atoms with E-state index in [-0.39, 0.29) is 17.2 Å². The van der Waals surface area contributed by atoms with Crippen LogP contribution in [0.25, 0.3) is 0 Å². The molecule has 0 aliphatic rings. The molecule has 1 rings (SSSR count). The van der Waals surface area contributed by atoms with Crippen molar-refractivity contribution in [3.63, 3.8) is 0 Å². The Kier molecular flexibility index (Phi) is 6.79. The zero-order valence-electron chi connectivity index (χ0n) is 15.3. The van der Waals surface area contributed by atoms with Crippen molar-refractivity contribution in [1.82, 2.24) is 5.32 Å². The fraction of sp³-hybridized carbons (Fsp3) is 0.579. The molecule has 0 bridgehead atoms. The van der Waals surface area contributed by atoms with E-state index in [9.17, 15) is 9.59 Å². The van der Waals surface area contributed by atoms with Gasteiger partial charge in [-0.15, -0.1) is 0 Å². The van der Waals surface area contributed by atoms with Gasteiger partial charge in [0.05, 0.1) is 0 Å². The minimum absolute atomic E-state index is 0.0174. The number of carbonyl (C=O) groups excluding carboxylic acids is 2. The van der Waals surface area contributed by atoms with Gasteiger partial charge in [-0.1, -0.05) is 46.8 Å². The maximum absolute atomic E-state index is 11.9. The summed E-state index contributed by atoms with van der Waals surface area (Å²) in [7, 11) is 0. The van der Waals surface area contributed by atoms with E-state index in [1.54, 1.807) is 4.90 Å². The van der Waals surface area contributed by atoms with Crippen LogP contribution in [0.4, 0.5) is 5.69 Å². The molecule has 0 radical (unpaired) electrons. The molecule has 0 fully saturated rings. The Labute approximate surface area is 140 Å². The smallest absolute Gasteiger partial charge is 0.223 e. The van der Waals surface area contributed by atoms with Crippen molar-refractivity contribution in [2.24, 2.45) is 5.92 Å². The van der Waals surface area contributed by atoms with Crippen LogP contribution >= 0.6 is 0 Å². The van der Waals surface area contributed by atoms with Crippen molar-refractivity contribution in [3.05, 3.63) is 29.8 Å². The van der Waals surface area contributed by atoms with Crippen molar-refractivity contribution in [2.75, 3.05) is 18.0 Å². The molecule has 2 amide bonds. The fourth-order valence-electron chi connectivity index (χ4n) is 2.23. The molecule has 0 aromatic heterocycles. The molecule has 4 heteroatoms. The maximum atomic E-state index is 11.9. The fourth-order valence-corrected chi connectivity index (χ4v) is 2.23. The van der Waals surface area contributed by atoms with E-state index in [0.29, 0.717) is 25.4 Å². The maximum Gasteiger partial charge on any atom is 0.223 e. The first-order valence-corrected chi connectivity index (χ1v) is 8.26. The normalized spacial score (nSPS) is 11.4. The number of nitrogens with zero attached hydrogens (tertiary/aromatic N) is 1. The van der Waals surface area contributed by atoms with E-state index in [2.05, 4.69) is 39.9 Å². The number of amides is 2. The molecule has 1 aromatic rings. The third-order valence-electron chi connectivity index (χ3n) is 3.70. The lowest BCUT2D eigenvalue weighted by Gasteiger charge is -2.24.